The van der Waals surface area contributed by atoms with Crippen LogP contribution in [0.4, 0.5) is 0 Å². The van der Waals surface area contributed by atoms with E-state index in [0.29, 0.717) is 11.5 Å². The van der Waals surface area contributed by atoms with Crippen LogP contribution in [0.15, 0.2) is 52.5 Å². The monoisotopic (exact) mass is 405 g/mol. The van der Waals surface area contributed by atoms with E-state index in [1.54, 1.807) is 0 Å². The number of fused-ring (bicyclic) bond motifs is 2. The number of aliphatic imine (C=N–C) groups is 1. The molecule has 0 unspecified atom stereocenters. The number of likely N-dealkylation sites (tertiary alicyclic amines) is 1. The summed E-state index contributed by atoms with van der Waals surface area (Å²) < 4.78 is 6.25. The van der Waals surface area contributed by atoms with Crippen molar-refractivity contribution in [3.05, 3.63) is 69.9 Å². The first-order valence-electron chi connectivity index (χ1n) is 9.98. The fourth-order valence-corrected chi connectivity index (χ4v) is 5.37. The zero-order valence-electron chi connectivity index (χ0n) is 16.6. The van der Waals surface area contributed by atoms with Crippen molar-refractivity contribution in [3.63, 3.8) is 0 Å². The maximum absolute atomic E-state index is 12.6. The number of carbonyl (C=O) groups is 1. The summed E-state index contributed by atoms with van der Waals surface area (Å²) in [6, 6.07) is 12.5. The maximum atomic E-state index is 12.6. The maximum Gasteiger partial charge on any atom is 0.286 e. The molecule has 29 heavy (non-hydrogen) atoms. The molecule has 0 bridgehead atoms. The second-order valence-electron chi connectivity index (χ2n) is 7.87. The van der Waals surface area contributed by atoms with Gasteiger partial charge in [-0.15, -0.1) is 0 Å². The topological polar surface area (TPSA) is 54.8 Å². The summed E-state index contributed by atoms with van der Waals surface area (Å²) in [6.07, 6.45) is 3.65. The molecular weight excluding hydrogens is 382 g/mol. The van der Waals surface area contributed by atoms with Gasteiger partial charge in [-0.1, -0.05) is 30.3 Å². The molecular formula is C23H23N3O2S. The van der Waals surface area contributed by atoms with Gasteiger partial charge in [0.1, 0.15) is 0 Å². The zero-order chi connectivity index (χ0) is 20.0. The Bertz CT molecular complexity index is 1030. The van der Waals surface area contributed by atoms with Crippen molar-refractivity contribution >= 4 is 28.4 Å². The SMILES string of the molecule is CC(=C1SC(N2CCC3(CC2)OCc2ccccc23)=NC1=O)c1ccc(C)nc1. The molecule has 4 heterocycles. The Hall–Kier alpha value is -2.44. The number of aryl methyl sites for hydroxylation is 1. The minimum Gasteiger partial charge on any atom is -0.365 e. The summed E-state index contributed by atoms with van der Waals surface area (Å²) >= 11 is 1.49. The first-order valence-corrected chi connectivity index (χ1v) is 10.8. The normalized spacial score (nSPS) is 22.1. The lowest BCUT2D eigenvalue weighted by Crippen LogP contribution is -2.44. The van der Waals surface area contributed by atoms with Crippen LogP contribution in [0.5, 0.6) is 0 Å². The van der Waals surface area contributed by atoms with Gasteiger partial charge in [0, 0.05) is 25.0 Å². The number of allylic oxidation sites excluding steroid dienone is 1. The highest BCUT2D eigenvalue weighted by Crippen LogP contribution is 2.45. The number of hydrogen-bond acceptors (Lipinski definition) is 5. The van der Waals surface area contributed by atoms with E-state index in [1.807, 2.05) is 32.2 Å². The van der Waals surface area contributed by atoms with Gasteiger partial charge in [-0.3, -0.25) is 9.78 Å². The van der Waals surface area contributed by atoms with Crippen LogP contribution in [0, 0.1) is 6.92 Å². The second kappa shape index (κ2) is 7.11. The molecule has 0 N–H and O–H groups in total. The van der Waals surface area contributed by atoms with Crippen LogP contribution in [0.25, 0.3) is 5.57 Å². The van der Waals surface area contributed by atoms with Crippen molar-refractivity contribution in [3.8, 4) is 0 Å². The van der Waals surface area contributed by atoms with E-state index in [0.717, 1.165) is 47.9 Å². The average Bonchev–Trinajstić information content (AvgIpc) is 3.30. The van der Waals surface area contributed by atoms with Gasteiger partial charge in [-0.25, -0.2) is 0 Å². The van der Waals surface area contributed by atoms with Gasteiger partial charge in [0.05, 0.1) is 17.1 Å². The number of nitrogens with zero attached hydrogens (tertiary/aromatic N) is 3. The fourth-order valence-electron chi connectivity index (χ4n) is 4.35. The molecule has 1 aromatic heterocycles. The summed E-state index contributed by atoms with van der Waals surface area (Å²) in [5, 5.41) is 0.811. The van der Waals surface area contributed by atoms with E-state index in [9.17, 15) is 4.79 Å². The Kier molecular flexibility index (Phi) is 4.56. The molecule has 5 nitrogen and oxygen atoms in total. The molecule has 3 aliphatic heterocycles. The van der Waals surface area contributed by atoms with Crippen LogP contribution in [-0.4, -0.2) is 34.0 Å². The standard InChI is InChI=1S/C23H23N3O2S/c1-15-7-8-17(13-24-15)16(2)20-21(27)25-22(29-20)26-11-9-23(10-12-26)19-6-4-3-5-18(19)14-28-23/h3-8,13H,9-12,14H2,1-2H3. The number of rotatable bonds is 1. The lowest BCUT2D eigenvalue weighted by Gasteiger charge is -2.39. The van der Waals surface area contributed by atoms with E-state index in [1.165, 1.54) is 22.9 Å². The lowest BCUT2D eigenvalue weighted by atomic mass is 9.84. The van der Waals surface area contributed by atoms with Crippen molar-refractivity contribution in [1.82, 2.24) is 9.88 Å². The summed E-state index contributed by atoms with van der Waals surface area (Å²) in [5.74, 6) is -0.147. The van der Waals surface area contributed by atoms with Crippen molar-refractivity contribution in [2.75, 3.05) is 13.1 Å². The van der Waals surface area contributed by atoms with Gasteiger partial charge >= 0.3 is 0 Å². The van der Waals surface area contributed by atoms with Crippen LogP contribution in [-0.2, 0) is 21.7 Å². The van der Waals surface area contributed by atoms with Crippen LogP contribution < -0.4 is 0 Å². The van der Waals surface area contributed by atoms with E-state index < -0.39 is 0 Å². The number of pyridine rings is 1. The summed E-state index contributed by atoms with van der Waals surface area (Å²) in [6.45, 7) is 6.30. The average molecular weight is 406 g/mol. The summed E-state index contributed by atoms with van der Waals surface area (Å²) in [7, 11) is 0. The van der Waals surface area contributed by atoms with E-state index in [2.05, 4.69) is 39.1 Å². The minimum atomic E-state index is -0.177. The van der Waals surface area contributed by atoms with Crippen molar-refractivity contribution in [2.45, 2.75) is 38.9 Å². The molecule has 0 atom stereocenters. The number of ether oxygens (including phenoxy) is 1. The fraction of sp³-hybridized carbons (Fsp3) is 0.348. The van der Waals surface area contributed by atoms with Crippen LogP contribution in [0.3, 0.4) is 0 Å². The highest BCUT2D eigenvalue weighted by Gasteiger charge is 2.43. The summed E-state index contributed by atoms with van der Waals surface area (Å²) in [5.41, 5.74) is 5.33. The quantitative estimate of drug-likeness (QED) is 0.663. The number of benzene rings is 1. The molecule has 1 fully saturated rings. The smallest absolute Gasteiger partial charge is 0.286 e. The Balaban J connectivity index is 1.31. The molecule has 3 aliphatic rings. The highest BCUT2D eigenvalue weighted by atomic mass is 32.2. The Labute approximate surface area is 174 Å². The molecule has 1 saturated heterocycles. The lowest BCUT2D eigenvalue weighted by molar-refractivity contribution is -0.113. The number of hydrogen-bond donors (Lipinski definition) is 0. The molecule has 1 spiro atoms. The molecule has 2 aromatic rings. The second-order valence-corrected chi connectivity index (χ2v) is 8.85. The van der Waals surface area contributed by atoms with Crippen molar-refractivity contribution in [2.24, 2.45) is 4.99 Å². The van der Waals surface area contributed by atoms with Crippen molar-refractivity contribution in [1.29, 1.82) is 0 Å². The molecule has 1 aromatic carbocycles. The third-order valence-corrected chi connectivity index (χ3v) is 7.34. The van der Waals surface area contributed by atoms with Crippen LogP contribution in [0.1, 0.15) is 42.1 Å². The predicted octanol–water partition coefficient (Wildman–Crippen LogP) is 4.27. The van der Waals surface area contributed by atoms with Gasteiger partial charge in [0.25, 0.3) is 5.91 Å². The van der Waals surface area contributed by atoms with Crippen molar-refractivity contribution < 1.29 is 9.53 Å². The third-order valence-electron chi connectivity index (χ3n) is 6.12. The van der Waals surface area contributed by atoms with Gasteiger partial charge in [0.2, 0.25) is 0 Å². The first-order chi connectivity index (χ1) is 14.1. The number of piperidine rings is 1. The third kappa shape index (κ3) is 3.20. The molecule has 6 heteroatoms. The number of carbonyl (C=O) groups excluding carboxylic acids is 1. The van der Waals surface area contributed by atoms with Gasteiger partial charge in [-0.05, 0) is 66.8 Å². The Morgan fingerprint density at radius 1 is 1.17 bits per heavy atom. The van der Waals surface area contributed by atoms with Crippen LogP contribution in [0.2, 0.25) is 0 Å². The van der Waals surface area contributed by atoms with E-state index in [-0.39, 0.29) is 11.5 Å². The molecule has 1 amide bonds. The van der Waals surface area contributed by atoms with Gasteiger partial charge in [0.15, 0.2) is 5.17 Å². The summed E-state index contributed by atoms with van der Waals surface area (Å²) in [4.78, 5) is 24.2. The zero-order valence-corrected chi connectivity index (χ0v) is 17.5. The van der Waals surface area contributed by atoms with E-state index in [4.69, 9.17) is 4.74 Å². The highest BCUT2D eigenvalue weighted by molar-refractivity contribution is 8.18. The first kappa shape index (κ1) is 18.6. The Morgan fingerprint density at radius 3 is 2.72 bits per heavy atom. The number of amides is 1. The number of amidine groups is 1. The predicted molar refractivity (Wildman–Crippen MR) is 115 cm³/mol. The van der Waals surface area contributed by atoms with Crippen LogP contribution >= 0.6 is 11.8 Å². The molecule has 0 aliphatic carbocycles. The molecule has 0 radical (unpaired) electrons. The van der Waals surface area contributed by atoms with Gasteiger partial charge in [-0.2, -0.15) is 4.99 Å². The molecule has 0 saturated carbocycles. The number of thioether (sulfide) groups is 1. The largest absolute Gasteiger partial charge is 0.365 e. The molecule has 5 rings (SSSR count). The Morgan fingerprint density at radius 2 is 1.97 bits per heavy atom. The molecule has 148 valence electrons. The van der Waals surface area contributed by atoms with Gasteiger partial charge < -0.3 is 9.64 Å². The number of aromatic nitrogens is 1. The van der Waals surface area contributed by atoms with E-state index >= 15 is 0 Å². The minimum absolute atomic E-state index is 0.147.